The van der Waals surface area contributed by atoms with Crippen LogP contribution in [0.3, 0.4) is 0 Å². The molecule has 0 aromatic carbocycles. The molecule has 1 saturated heterocycles. The number of amides is 1. The van der Waals surface area contributed by atoms with Crippen molar-refractivity contribution in [3.8, 4) is 0 Å². The molecule has 0 aliphatic carbocycles. The van der Waals surface area contributed by atoms with E-state index in [-0.39, 0.29) is 24.6 Å². The van der Waals surface area contributed by atoms with Gasteiger partial charge < -0.3 is 19.2 Å². The van der Waals surface area contributed by atoms with Crippen LogP contribution in [-0.2, 0) is 18.7 Å². The third kappa shape index (κ3) is 5.20. The molecular weight excluding hydrogens is 266 g/mol. The second kappa shape index (κ2) is 6.38. The first-order valence-corrected chi connectivity index (χ1v) is 9.94. The molecule has 0 bridgehead atoms. The first-order chi connectivity index (χ1) is 8.73. The van der Waals surface area contributed by atoms with Crippen LogP contribution in [0.1, 0.15) is 20.3 Å². The highest BCUT2D eigenvalue weighted by molar-refractivity contribution is 6.69. The monoisotopic (exact) mass is 289 g/mol. The van der Waals surface area contributed by atoms with Crippen molar-refractivity contribution < 1.29 is 23.5 Å². The summed E-state index contributed by atoms with van der Waals surface area (Å²) in [4.78, 5) is 23.0. The van der Waals surface area contributed by atoms with Gasteiger partial charge in [0, 0.05) is 0 Å². The molecule has 1 fully saturated rings. The largest absolute Gasteiger partial charge is 0.466 e. The van der Waals surface area contributed by atoms with Crippen LogP contribution < -0.4 is 5.32 Å². The number of alkyl carbamates (subject to hydrolysis) is 1. The lowest BCUT2D eigenvalue weighted by atomic mass is 10.0. The zero-order valence-corrected chi connectivity index (χ0v) is 13.2. The third-order valence-corrected chi connectivity index (χ3v) is 3.62. The lowest BCUT2D eigenvalue weighted by Gasteiger charge is -2.39. The summed E-state index contributed by atoms with van der Waals surface area (Å²) in [7, 11) is -1.80. The summed E-state index contributed by atoms with van der Waals surface area (Å²) in [6.07, 6.45) is -1.12. The van der Waals surface area contributed by atoms with Crippen LogP contribution in [0.15, 0.2) is 0 Å². The van der Waals surface area contributed by atoms with Crippen LogP contribution in [0.2, 0.25) is 19.6 Å². The Hall–Kier alpha value is -1.08. The normalized spacial score (nSPS) is 27.4. The molecular formula is C12H23NO5Si. The van der Waals surface area contributed by atoms with Gasteiger partial charge in [-0.3, -0.25) is 4.79 Å². The Bertz CT molecular complexity index is 342. The minimum absolute atomic E-state index is 0.0996. The number of cyclic esters (lactones) is 1. The van der Waals surface area contributed by atoms with Crippen LogP contribution in [0.4, 0.5) is 4.79 Å². The maximum Gasteiger partial charge on any atom is 0.407 e. The average molecular weight is 289 g/mol. The molecule has 6 nitrogen and oxygen atoms in total. The van der Waals surface area contributed by atoms with Gasteiger partial charge in [0.25, 0.3) is 0 Å². The maximum absolute atomic E-state index is 11.6. The first kappa shape index (κ1) is 16.0. The summed E-state index contributed by atoms with van der Waals surface area (Å²) in [5.41, 5.74) is 0. The third-order valence-electron chi connectivity index (χ3n) is 2.64. The predicted molar refractivity (Wildman–Crippen MR) is 72.3 cm³/mol. The van der Waals surface area contributed by atoms with Crippen molar-refractivity contribution in [3.05, 3.63) is 0 Å². The van der Waals surface area contributed by atoms with Crippen LogP contribution in [0.5, 0.6) is 0 Å². The summed E-state index contributed by atoms with van der Waals surface area (Å²) < 4.78 is 16.1. The van der Waals surface area contributed by atoms with Crippen molar-refractivity contribution in [2.24, 2.45) is 0 Å². The molecule has 1 N–H and O–H groups in total. The molecule has 7 heteroatoms. The number of carbonyl (C=O) groups is 2. The molecule has 19 heavy (non-hydrogen) atoms. The molecule has 1 heterocycles. The molecule has 0 unspecified atom stereocenters. The van der Waals surface area contributed by atoms with Gasteiger partial charge in [0.15, 0.2) is 8.32 Å². The maximum atomic E-state index is 11.6. The van der Waals surface area contributed by atoms with Crippen LogP contribution in [-0.4, -0.2) is 45.2 Å². The van der Waals surface area contributed by atoms with Crippen molar-refractivity contribution in [1.29, 1.82) is 0 Å². The van der Waals surface area contributed by atoms with E-state index in [1.165, 1.54) is 0 Å². The number of esters is 1. The highest BCUT2D eigenvalue weighted by Crippen LogP contribution is 2.21. The summed E-state index contributed by atoms with van der Waals surface area (Å²) in [5.74, 6) is -0.342. The second-order valence-corrected chi connectivity index (χ2v) is 10.0. The van der Waals surface area contributed by atoms with E-state index >= 15 is 0 Å². The van der Waals surface area contributed by atoms with E-state index in [2.05, 4.69) is 25.0 Å². The van der Waals surface area contributed by atoms with Gasteiger partial charge in [-0.2, -0.15) is 0 Å². The summed E-state index contributed by atoms with van der Waals surface area (Å²) in [5, 5.41) is 2.64. The topological polar surface area (TPSA) is 73.9 Å². The number of nitrogens with one attached hydrogen (secondary N) is 1. The van der Waals surface area contributed by atoms with Gasteiger partial charge in [0.05, 0.1) is 19.1 Å². The fourth-order valence-electron chi connectivity index (χ4n) is 1.98. The molecule has 0 radical (unpaired) electrons. The average Bonchev–Trinajstić information content (AvgIpc) is 2.22. The number of carbonyl (C=O) groups excluding carboxylic acids is 2. The number of hydrogen-bond acceptors (Lipinski definition) is 5. The molecule has 0 aromatic heterocycles. The number of rotatable bonds is 5. The Morgan fingerprint density at radius 1 is 1.42 bits per heavy atom. The van der Waals surface area contributed by atoms with Crippen molar-refractivity contribution >= 4 is 20.4 Å². The van der Waals surface area contributed by atoms with Gasteiger partial charge in [0.1, 0.15) is 12.2 Å². The molecule has 1 aliphatic rings. The van der Waals surface area contributed by atoms with Gasteiger partial charge in [-0.25, -0.2) is 4.79 Å². The molecule has 110 valence electrons. The fourth-order valence-corrected chi connectivity index (χ4v) is 3.16. The molecule has 1 rings (SSSR count). The van der Waals surface area contributed by atoms with Gasteiger partial charge in [-0.15, -0.1) is 0 Å². The standard InChI is InChI=1S/C12H23NO5Si/c1-6-16-10(14)7-9-11(18-19(3,4)5)8(2)17-12(15)13-9/h8-9,11H,6-7H2,1-5H3,(H,13,15)/t8-,9-,11+/m1/s1. The highest BCUT2D eigenvalue weighted by Gasteiger charge is 2.40. The van der Waals surface area contributed by atoms with Gasteiger partial charge in [-0.1, -0.05) is 0 Å². The van der Waals surface area contributed by atoms with Gasteiger partial charge in [0.2, 0.25) is 0 Å². The Balaban J connectivity index is 2.75. The molecule has 0 aromatic rings. The molecule has 1 amide bonds. The van der Waals surface area contributed by atoms with E-state index in [0.29, 0.717) is 6.61 Å². The van der Waals surface area contributed by atoms with Crippen LogP contribution >= 0.6 is 0 Å². The highest BCUT2D eigenvalue weighted by atomic mass is 28.4. The predicted octanol–water partition coefficient (Wildman–Crippen LogP) is 1.66. The smallest absolute Gasteiger partial charge is 0.407 e. The van der Waals surface area contributed by atoms with Gasteiger partial charge >= 0.3 is 12.1 Å². The van der Waals surface area contributed by atoms with E-state index in [9.17, 15) is 9.59 Å². The molecule has 1 aliphatic heterocycles. The minimum Gasteiger partial charge on any atom is -0.466 e. The Labute approximate surface area is 114 Å². The van der Waals surface area contributed by atoms with E-state index in [0.717, 1.165) is 0 Å². The summed E-state index contributed by atoms with van der Waals surface area (Å²) in [6, 6.07) is -0.401. The molecule has 3 atom stereocenters. The van der Waals surface area contributed by atoms with Gasteiger partial charge in [-0.05, 0) is 33.5 Å². The summed E-state index contributed by atoms with van der Waals surface area (Å²) >= 11 is 0. The molecule has 0 saturated carbocycles. The lowest BCUT2D eigenvalue weighted by Crippen LogP contribution is -2.59. The first-order valence-electron chi connectivity index (χ1n) is 6.53. The fraction of sp³-hybridized carbons (Fsp3) is 0.833. The SMILES string of the molecule is CCOC(=O)C[C@H]1NC(=O)O[C@H](C)[C@@H]1O[Si](C)(C)C. The van der Waals surface area contributed by atoms with E-state index in [1.54, 1.807) is 13.8 Å². The second-order valence-electron chi connectivity index (χ2n) is 5.57. The molecule has 0 spiro atoms. The van der Waals surface area contributed by atoms with Crippen LogP contribution in [0, 0.1) is 0 Å². The quantitative estimate of drug-likeness (QED) is 0.615. The van der Waals surface area contributed by atoms with Crippen molar-refractivity contribution in [2.45, 2.75) is 58.2 Å². The van der Waals surface area contributed by atoms with E-state index in [4.69, 9.17) is 13.9 Å². The Kier molecular flexibility index (Phi) is 5.36. The van der Waals surface area contributed by atoms with Crippen molar-refractivity contribution in [1.82, 2.24) is 5.32 Å². The summed E-state index contributed by atoms with van der Waals surface area (Å²) in [6.45, 7) is 10.0. The van der Waals surface area contributed by atoms with E-state index < -0.39 is 20.5 Å². The number of hydrogen-bond donors (Lipinski definition) is 1. The van der Waals surface area contributed by atoms with Crippen molar-refractivity contribution in [3.63, 3.8) is 0 Å². The van der Waals surface area contributed by atoms with Crippen molar-refractivity contribution in [2.75, 3.05) is 6.61 Å². The zero-order valence-electron chi connectivity index (χ0n) is 12.2. The minimum atomic E-state index is -1.80. The Morgan fingerprint density at radius 3 is 2.58 bits per heavy atom. The number of ether oxygens (including phenoxy) is 2. The lowest BCUT2D eigenvalue weighted by molar-refractivity contribution is -0.145. The van der Waals surface area contributed by atoms with E-state index in [1.807, 2.05) is 0 Å². The van der Waals surface area contributed by atoms with Crippen LogP contribution in [0.25, 0.3) is 0 Å². The Morgan fingerprint density at radius 2 is 2.05 bits per heavy atom. The zero-order chi connectivity index (χ0) is 14.6.